The minimum Gasteiger partial charge on any atom is -0.372 e. The molecule has 0 saturated heterocycles. The van der Waals surface area contributed by atoms with Crippen LogP contribution in [0.3, 0.4) is 0 Å². The van der Waals surface area contributed by atoms with Crippen LogP contribution in [0.25, 0.3) is 0 Å². The Morgan fingerprint density at radius 3 is 2.65 bits per heavy atom. The highest BCUT2D eigenvalue weighted by Crippen LogP contribution is 2.11. The molecule has 2 rings (SSSR count). The van der Waals surface area contributed by atoms with Crippen molar-refractivity contribution in [3.05, 3.63) is 53.9 Å². The van der Waals surface area contributed by atoms with Crippen molar-refractivity contribution in [2.45, 2.75) is 26.1 Å². The Morgan fingerprint density at radius 1 is 1.30 bits per heavy atom. The van der Waals surface area contributed by atoms with Crippen molar-refractivity contribution >= 4 is 5.91 Å². The Morgan fingerprint density at radius 2 is 2.05 bits per heavy atom. The molecule has 20 heavy (non-hydrogen) atoms. The fourth-order valence-electron chi connectivity index (χ4n) is 1.95. The molecule has 0 aliphatic heterocycles. The van der Waals surface area contributed by atoms with Gasteiger partial charge in [0.05, 0.1) is 12.2 Å². The van der Waals surface area contributed by atoms with Crippen molar-refractivity contribution in [2.75, 3.05) is 7.11 Å². The summed E-state index contributed by atoms with van der Waals surface area (Å²) in [6.45, 7) is 2.79. The molecule has 1 aromatic heterocycles. The zero-order valence-electron chi connectivity index (χ0n) is 11.7. The average molecular weight is 273 g/mol. The molecule has 0 radical (unpaired) electrons. The number of methoxy groups -OCH3 is 1. The highest BCUT2D eigenvalue weighted by Gasteiger charge is 2.21. The van der Waals surface area contributed by atoms with Gasteiger partial charge < -0.3 is 9.64 Å². The van der Waals surface area contributed by atoms with Crippen LogP contribution in [-0.2, 0) is 22.6 Å². The van der Waals surface area contributed by atoms with Gasteiger partial charge in [0.15, 0.2) is 0 Å². The third-order valence-corrected chi connectivity index (χ3v) is 3.15. The maximum Gasteiger partial charge on any atom is 0.252 e. The van der Waals surface area contributed by atoms with Crippen LogP contribution in [0.15, 0.2) is 42.6 Å². The summed E-state index contributed by atoms with van der Waals surface area (Å²) in [5, 5.41) is 6.79. The van der Waals surface area contributed by atoms with E-state index in [4.69, 9.17) is 4.74 Å². The number of H-pyrrole nitrogens is 1. The lowest BCUT2D eigenvalue weighted by Crippen LogP contribution is -2.37. The van der Waals surface area contributed by atoms with E-state index in [1.165, 1.54) is 0 Å². The monoisotopic (exact) mass is 273 g/mol. The highest BCUT2D eigenvalue weighted by molar-refractivity contribution is 5.80. The van der Waals surface area contributed by atoms with Crippen molar-refractivity contribution in [3.63, 3.8) is 0 Å². The van der Waals surface area contributed by atoms with Crippen LogP contribution >= 0.6 is 0 Å². The summed E-state index contributed by atoms with van der Waals surface area (Å²) in [5.41, 5.74) is 1.99. The number of ether oxygens (including phenoxy) is 1. The number of carbonyl (C=O) groups is 1. The van der Waals surface area contributed by atoms with Gasteiger partial charge in [-0.15, -0.1) is 0 Å². The molecule has 1 amide bonds. The second-order valence-electron chi connectivity index (χ2n) is 4.64. The van der Waals surface area contributed by atoms with Gasteiger partial charge in [0.1, 0.15) is 6.10 Å². The summed E-state index contributed by atoms with van der Waals surface area (Å²) in [4.78, 5) is 14.1. The Hall–Kier alpha value is -2.14. The molecule has 0 aliphatic carbocycles. The van der Waals surface area contributed by atoms with Crippen molar-refractivity contribution in [1.82, 2.24) is 15.1 Å². The average Bonchev–Trinajstić information content (AvgIpc) is 2.99. The van der Waals surface area contributed by atoms with E-state index in [0.717, 1.165) is 11.3 Å². The molecule has 1 atom stereocenters. The van der Waals surface area contributed by atoms with E-state index in [2.05, 4.69) is 10.2 Å². The first-order valence-corrected chi connectivity index (χ1v) is 6.54. The molecular weight excluding hydrogens is 254 g/mol. The number of carbonyl (C=O) groups excluding carboxylic acids is 1. The second kappa shape index (κ2) is 6.86. The number of benzene rings is 1. The molecular formula is C15H19N3O2. The molecule has 0 fully saturated rings. The first-order valence-electron chi connectivity index (χ1n) is 6.54. The SMILES string of the molecule is CO[C@@H](C)C(=O)N(Cc1ccccc1)Cc1ccn[nH]1. The zero-order chi connectivity index (χ0) is 14.4. The van der Waals surface area contributed by atoms with Crippen LogP contribution in [0.4, 0.5) is 0 Å². The number of aromatic nitrogens is 2. The van der Waals surface area contributed by atoms with Gasteiger partial charge in [-0.2, -0.15) is 5.10 Å². The van der Waals surface area contributed by atoms with E-state index < -0.39 is 6.10 Å². The molecule has 0 aliphatic rings. The van der Waals surface area contributed by atoms with Crippen LogP contribution < -0.4 is 0 Å². The van der Waals surface area contributed by atoms with E-state index in [9.17, 15) is 4.79 Å². The Bertz CT molecular complexity index is 525. The van der Waals surface area contributed by atoms with E-state index >= 15 is 0 Å². The topological polar surface area (TPSA) is 58.2 Å². The third kappa shape index (κ3) is 3.68. The van der Waals surface area contributed by atoms with Gasteiger partial charge in [-0.1, -0.05) is 30.3 Å². The molecule has 1 N–H and O–H groups in total. The largest absolute Gasteiger partial charge is 0.372 e. The fourth-order valence-corrected chi connectivity index (χ4v) is 1.95. The van der Waals surface area contributed by atoms with Gasteiger partial charge in [0.2, 0.25) is 0 Å². The summed E-state index contributed by atoms with van der Waals surface area (Å²) in [7, 11) is 1.54. The normalized spacial score (nSPS) is 12.1. The number of hydrogen-bond acceptors (Lipinski definition) is 3. The fraction of sp³-hybridized carbons (Fsp3) is 0.333. The molecule has 0 unspecified atom stereocenters. The maximum absolute atomic E-state index is 12.4. The van der Waals surface area contributed by atoms with Gasteiger partial charge in [0.25, 0.3) is 5.91 Å². The first kappa shape index (κ1) is 14.3. The number of rotatable bonds is 6. The van der Waals surface area contributed by atoms with E-state index in [1.54, 1.807) is 25.1 Å². The van der Waals surface area contributed by atoms with Crippen LogP contribution in [0.2, 0.25) is 0 Å². The van der Waals surface area contributed by atoms with Gasteiger partial charge in [0, 0.05) is 19.9 Å². The van der Waals surface area contributed by atoms with Crippen LogP contribution in [0, 0.1) is 0 Å². The van der Waals surface area contributed by atoms with Crippen LogP contribution in [0.1, 0.15) is 18.2 Å². The summed E-state index contributed by atoms with van der Waals surface area (Å²) in [6, 6.07) is 11.8. The smallest absolute Gasteiger partial charge is 0.252 e. The predicted molar refractivity (Wildman–Crippen MR) is 75.8 cm³/mol. The van der Waals surface area contributed by atoms with Gasteiger partial charge in [-0.3, -0.25) is 9.89 Å². The number of amides is 1. The summed E-state index contributed by atoms with van der Waals surface area (Å²) < 4.78 is 5.13. The van der Waals surface area contributed by atoms with Crippen LogP contribution in [-0.4, -0.2) is 34.2 Å². The molecule has 0 spiro atoms. The quantitative estimate of drug-likeness (QED) is 0.875. The highest BCUT2D eigenvalue weighted by atomic mass is 16.5. The second-order valence-corrected chi connectivity index (χ2v) is 4.64. The Balaban J connectivity index is 2.13. The predicted octanol–water partition coefficient (Wildman–Crippen LogP) is 1.97. The van der Waals surface area contributed by atoms with Gasteiger partial charge in [-0.05, 0) is 18.6 Å². The maximum atomic E-state index is 12.4. The molecule has 5 nitrogen and oxygen atoms in total. The van der Waals surface area contributed by atoms with Crippen molar-refractivity contribution in [3.8, 4) is 0 Å². The third-order valence-electron chi connectivity index (χ3n) is 3.15. The standard InChI is InChI=1S/C15H19N3O2/c1-12(20-2)15(19)18(11-14-8-9-16-17-14)10-13-6-4-3-5-7-13/h3-9,12H,10-11H2,1-2H3,(H,16,17)/t12-/m0/s1. The molecule has 1 heterocycles. The Labute approximate surface area is 118 Å². The minimum atomic E-state index is -0.457. The van der Waals surface area contributed by atoms with E-state index in [-0.39, 0.29) is 5.91 Å². The summed E-state index contributed by atoms with van der Waals surface area (Å²) in [5.74, 6) is -0.0362. The van der Waals surface area contributed by atoms with Crippen LogP contribution in [0.5, 0.6) is 0 Å². The van der Waals surface area contributed by atoms with Crippen molar-refractivity contribution in [1.29, 1.82) is 0 Å². The lowest BCUT2D eigenvalue weighted by molar-refractivity contribution is -0.142. The molecule has 1 aromatic carbocycles. The first-order chi connectivity index (χ1) is 9.70. The summed E-state index contributed by atoms with van der Waals surface area (Å²) >= 11 is 0. The number of nitrogens with zero attached hydrogens (tertiary/aromatic N) is 2. The number of nitrogens with one attached hydrogen (secondary N) is 1. The summed E-state index contributed by atoms with van der Waals surface area (Å²) in [6.07, 6.45) is 1.22. The minimum absolute atomic E-state index is 0.0362. The van der Waals surface area contributed by atoms with Crippen molar-refractivity contribution < 1.29 is 9.53 Å². The van der Waals surface area contributed by atoms with E-state index in [1.807, 2.05) is 36.4 Å². The number of hydrogen-bond donors (Lipinski definition) is 1. The van der Waals surface area contributed by atoms with Gasteiger partial charge >= 0.3 is 0 Å². The molecule has 0 bridgehead atoms. The molecule has 0 saturated carbocycles. The number of aromatic amines is 1. The molecule has 106 valence electrons. The Kier molecular flexibility index (Phi) is 4.90. The lowest BCUT2D eigenvalue weighted by atomic mass is 10.2. The van der Waals surface area contributed by atoms with Crippen molar-refractivity contribution in [2.24, 2.45) is 0 Å². The zero-order valence-corrected chi connectivity index (χ0v) is 11.7. The lowest BCUT2D eigenvalue weighted by Gasteiger charge is -2.24. The van der Waals surface area contributed by atoms with Gasteiger partial charge in [-0.25, -0.2) is 0 Å². The van der Waals surface area contributed by atoms with E-state index in [0.29, 0.717) is 13.1 Å². The molecule has 5 heteroatoms. The molecule has 2 aromatic rings.